The molecule has 1 unspecified atom stereocenters. The Labute approximate surface area is 130 Å². The van der Waals surface area contributed by atoms with Gasteiger partial charge in [-0.2, -0.15) is 0 Å². The molecule has 0 aromatic carbocycles. The molecule has 23 heavy (non-hydrogen) atoms. The van der Waals surface area contributed by atoms with Crippen LogP contribution >= 0.6 is 0 Å². The van der Waals surface area contributed by atoms with E-state index in [9.17, 15) is 18.4 Å². The number of halogens is 2. The third-order valence-electron chi connectivity index (χ3n) is 4.07. The number of fused-ring (bicyclic) bond motifs is 1. The number of nitrogens with zero attached hydrogens (tertiary/aromatic N) is 2. The molecular formula is C13H18F2N6O2. The number of anilines is 1. The van der Waals surface area contributed by atoms with E-state index in [4.69, 9.17) is 5.73 Å². The average molecular weight is 328 g/mol. The molecule has 10 heteroatoms. The molecular weight excluding hydrogens is 310 g/mol. The van der Waals surface area contributed by atoms with Crippen LogP contribution in [0.1, 0.15) is 42.2 Å². The van der Waals surface area contributed by atoms with Crippen molar-refractivity contribution in [2.45, 2.75) is 44.1 Å². The van der Waals surface area contributed by atoms with Gasteiger partial charge in [-0.3, -0.25) is 25.2 Å². The van der Waals surface area contributed by atoms with E-state index < -0.39 is 24.8 Å². The molecule has 0 bridgehead atoms. The first kappa shape index (κ1) is 15.8. The smallest absolute Gasteiger partial charge is 0.277 e. The van der Waals surface area contributed by atoms with Crippen molar-refractivity contribution in [1.82, 2.24) is 20.2 Å². The van der Waals surface area contributed by atoms with Gasteiger partial charge in [0.15, 0.2) is 5.69 Å². The molecule has 126 valence electrons. The molecule has 8 nitrogen and oxygen atoms in total. The van der Waals surface area contributed by atoms with Crippen LogP contribution in [0.3, 0.4) is 0 Å². The van der Waals surface area contributed by atoms with Crippen LogP contribution in [0.25, 0.3) is 0 Å². The van der Waals surface area contributed by atoms with Crippen LogP contribution in [-0.4, -0.2) is 34.3 Å². The number of hydrogen-bond donors (Lipinski definition) is 4. The van der Waals surface area contributed by atoms with E-state index in [2.05, 4.69) is 20.9 Å². The second-order valence-corrected chi connectivity index (χ2v) is 5.76. The number of nitrogens with two attached hydrogens (primary N) is 1. The van der Waals surface area contributed by atoms with Crippen LogP contribution in [0, 0.1) is 0 Å². The minimum atomic E-state index is -2.64. The van der Waals surface area contributed by atoms with Gasteiger partial charge in [-0.1, -0.05) is 12.8 Å². The van der Waals surface area contributed by atoms with Gasteiger partial charge in [0.25, 0.3) is 17.9 Å². The third-order valence-corrected chi connectivity index (χ3v) is 4.07. The van der Waals surface area contributed by atoms with Crippen LogP contribution in [-0.2, 0) is 0 Å². The number of amides is 1. The van der Waals surface area contributed by atoms with Crippen molar-refractivity contribution in [3.8, 4) is 0 Å². The Bertz CT molecular complexity index is 673. The van der Waals surface area contributed by atoms with Gasteiger partial charge in [0.1, 0.15) is 5.82 Å². The van der Waals surface area contributed by atoms with E-state index in [-0.39, 0.29) is 23.1 Å². The predicted molar refractivity (Wildman–Crippen MR) is 78.0 cm³/mol. The maximum Gasteiger partial charge on any atom is 0.277 e. The van der Waals surface area contributed by atoms with Crippen molar-refractivity contribution >= 4 is 11.7 Å². The lowest BCUT2D eigenvalue weighted by molar-refractivity contribution is 0.0835. The Morgan fingerprint density at radius 2 is 2.09 bits per heavy atom. The fourth-order valence-corrected chi connectivity index (χ4v) is 3.06. The highest BCUT2D eigenvalue weighted by Crippen LogP contribution is 2.32. The summed E-state index contributed by atoms with van der Waals surface area (Å²) in [5, 5.41) is 7.44. The van der Waals surface area contributed by atoms with E-state index in [0.717, 1.165) is 31.9 Å². The summed E-state index contributed by atoms with van der Waals surface area (Å²) in [6.07, 6.45) is 2.04. The second kappa shape index (κ2) is 5.85. The molecule has 0 saturated heterocycles. The maximum atomic E-state index is 12.4. The first-order valence-electron chi connectivity index (χ1n) is 7.44. The van der Waals surface area contributed by atoms with Crippen molar-refractivity contribution in [3.05, 3.63) is 22.2 Å². The number of hydrogen-bond acceptors (Lipinski definition) is 6. The number of aromatic nitrogens is 2. The van der Waals surface area contributed by atoms with E-state index in [1.54, 1.807) is 0 Å². The Balaban J connectivity index is 1.99. The van der Waals surface area contributed by atoms with E-state index in [0.29, 0.717) is 0 Å². The van der Waals surface area contributed by atoms with Crippen LogP contribution in [0.2, 0.25) is 0 Å². The van der Waals surface area contributed by atoms with Crippen molar-refractivity contribution < 1.29 is 13.6 Å². The minimum absolute atomic E-state index is 0.0245. The summed E-state index contributed by atoms with van der Waals surface area (Å²) in [4.78, 5) is 28.3. The zero-order valence-electron chi connectivity index (χ0n) is 12.3. The zero-order valence-corrected chi connectivity index (χ0v) is 12.3. The van der Waals surface area contributed by atoms with Crippen molar-refractivity contribution in [2.75, 3.05) is 11.9 Å². The molecule has 1 saturated carbocycles. The monoisotopic (exact) mass is 328 g/mol. The zero-order chi connectivity index (χ0) is 16.6. The summed E-state index contributed by atoms with van der Waals surface area (Å²) in [7, 11) is 0. The fraction of sp³-hybridized carbons (Fsp3) is 0.615. The highest BCUT2D eigenvalue weighted by molar-refractivity contribution is 5.99. The molecule has 5 N–H and O–H groups in total. The largest absolute Gasteiger partial charge is 0.322 e. The van der Waals surface area contributed by atoms with Gasteiger partial charge < -0.3 is 10.6 Å². The third kappa shape index (κ3) is 3.04. The first-order valence-corrected chi connectivity index (χ1v) is 7.44. The van der Waals surface area contributed by atoms with Gasteiger partial charge in [-0.15, -0.1) is 0 Å². The standard InChI is InChI=1S/C13H18F2N6O2/c14-8(15)5-18-13(16)19-11-10(12(23)20-13)17-6-9(22)21(11)7-3-1-2-4-7/h6-8,18-19H,1-5,16H2,(H,20,23). The van der Waals surface area contributed by atoms with Gasteiger partial charge in [0, 0.05) is 6.04 Å². The lowest BCUT2D eigenvalue weighted by Crippen LogP contribution is -2.73. The lowest BCUT2D eigenvalue weighted by Gasteiger charge is -2.38. The van der Waals surface area contributed by atoms with E-state index in [1.807, 2.05) is 0 Å². The molecule has 1 aromatic heterocycles. The number of rotatable bonds is 4. The Hall–Kier alpha value is -2.07. The topological polar surface area (TPSA) is 114 Å². The summed E-state index contributed by atoms with van der Waals surface area (Å²) in [6.45, 7) is -0.715. The van der Waals surface area contributed by atoms with E-state index >= 15 is 0 Å². The van der Waals surface area contributed by atoms with Crippen LogP contribution < -0.4 is 27.2 Å². The minimum Gasteiger partial charge on any atom is -0.322 e. The normalized spacial score (nSPS) is 24.4. The average Bonchev–Trinajstić information content (AvgIpc) is 2.98. The van der Waals surface area contributed by atoms with Gasteiger partial charge in [0.05, 0.1) is 12.7 Å². The molecule has 1 aromatic rings. The molecule has 1 amide bonds. The fourth-order valence-electron chi connectivity index (χ4n) is 3.06. The second-order valence-electron chi connectivity index (χ2n) is 5.76. The Morgan fingerprint density at radius 3 is 2.74 bits per heavy atom. The molecule has 0 spiro atoms. The summed E-state index contributed by atoms with van der Waals surface area (Å²) in [6, 6.07) is -0.0583. The first-order chi connectivity index (χ1) is 10.9. The van der Waals surface area contributed by atoms with Crippen LogP contribution in [0.15, 0.2) is 11.0 Å². The molecule has 2 aliphatic rings. The number of carbonyl (C=O) groups is 1. The highest BCUT2D eigenvalue weighted by atomic mass is 19.3. The van der Waals surface area contributed by atoms with Crippen molar-refractivity contribution in [1.29, 1.82) is 0 Å². The SMILES string of the molecule is NC1(NCC(F)F)NC(=O)c2ncc(=O)n(C3CCCC3)c2N1. The van der Waals surface area contributed by atoms with E-state index in [1.165, 1.54) is 4.57 Å². The summed E-state index contributed by atoms with van der Waals surface area (Å²) in [5.74, 6) is -2.23. The maximum absolute atomic E-state index is 12.4. The summed E-state index contributed by atoms with van der Waals surface area (Å²) < 4.78 is 26.3. The molecule has 1 atom stereocenters. The Kier molecular flexibility index (Phi) is 4.02. The number of carbonyl (C=O) groups excluding carboxylic acids is 1. The van der Waals surface area contributed by atoms with Gasteiger partial charge in [-0.25, -0.2) is 13.8 Å². The van der Waals surface area contributed by atoms with Crippen LogP contribution in [0.5, 0.6) is 0 Å². The van der Waals surface area contributed by atoms with Gasteiger partial charge in [-0.05, 0) is 12.8 Å². The molecule has 3 rings (SSSR count). The van der Waals surface area contributed by atoms with Crippen LogP contribution in [0.4, 0.5) is 14.6 Å². The van der Waals surface area contributed by atoms with Gasteiger partial charge in [0.2, 0.25) is 5.91 Å². The quantitative estimate of drug-likeness (QED) is 0.576. The molecule has 1 aliphatic carbocycles. The lowest BCUT2D eigenvalue weighted by atomic mass is 10.2. The molecule has 2 heterocycles. The summed E-state index contributed by atoms with van der Waals surface area (Å²) in [5.41, 5.74) is 5.57. The van der Waals surface area contributed by atoms with Crippen molar-refractivity contribution in [2.24, 2.45) is 5.73 Å². The number of alkyl halides is 2. The molecule has 1 fully saturated rings. The predicted octanol–water partition coefficient (Wildman–Crippen LogP) is -0.0616. The molecule has 0 radical (unpaired) electrons. The van der Waals surface area contributed by atoms with Crippen molar-refractivity contribution in [3.63, 3.8) is 0 Å². The Morgan fingerprint density at radius 1 is 1.39 bits per heavy atom. The summed E-state index contributed by atoms with van der Waals surface area (Å²) >= 11 is 0. The highest BCUT2D eigenvalue weighted by Gasteiger charge is 2.38. The van der Waals surface area contributed by atoms with Gasteiger partial charge >= 0.3 is 0 Å². The number of nitrogens with one attached hydrogen (secondary N) is 3. The molecule has 1 aliphatic heterocycles.